The van der Waals surface area contributed by atoms with E-state index in [0.717, 1.165) is 12.8 Å². The van der Waals surface area contributed by atoms with E-state index >= 15 is 0 Å². The summed E-state index contributed by atoms with van der Waals surface area (Å²) >= 11 is 1.23. The number of aromatic nitrogens is 2. The van der Waals surface area contributed by atoms with Crippen molar-refractivity contribution in [3.05, 3.63) is 34.6 Å². The van der Waals surface area contributed by atoms with Crippen molar-refractivity contribution in [2.45, 2.75) is 31.5 Å². The minimum atomic E-state index is -0.227. The lowest BCUT2D eigenvalue weighted by Gasteiger charge is -2.17. The molecule has 26 heavy (non-hydrogen) atoms. The molecule has 0 bridgehead atoms. The maximum atomic E-state index is 12.8. The van der Waals surface area contributed by atoms with E-state index in [1.165, 1.54) is 23.7 Å². The molecule has 0 fully saturated rings. The van der Waals surface area contributed by atoms with Gasteiger partial charge in [0.15, 0.2) is 5.16 Å². The Morgan fingerprint density at radius 2 is 2.04 bits per heavy atom. The van der Waals surface area contributed by atoms with E-state index in [2.05, 4.69) is 17.2 Å². The van der Waals surface area contributed by atoms with Crippen LogP contribution in [-0.2, 0) is 16.1 Å². The summed E-state index contributed by atoms with van der Waals surface area (Å²) in [6.45, 7) is 2.63. The number of likely N-dealkylation sites (N-methyl/N-ethyl adjacent to an activating group) is 2. The Morgan fingerprint density at radius 1 is 1.31 bits per heavy atom. The summed E-state index contributed by atoms with van der Waals surface area (Å²) in [6.07, 6.45) is 1.81. The van der Waals surface area contributed by atoms with E-state index in [-0.39, 0.29) is 29.7 Å². The first kappa shape index (κ1) is 20.0. The van der Waals surface area contributed by atoms with Gasteiger partial charge in [-0.3, -0.25) is 19.0 Å². The number of thioether (sulfide) groups is 1. The number of fused-ring (bicyclic) bond motifs is 1. The molecule has 8 heteroatoms. The third-order valence-corrected chi connectivity index (χ3v) is 4.93. The molecule has 1 N–H and O–H groups in total. The molecule has 1 heterocycles. The third kappa shape index (κ3) is 4.85. The Morgan fingerprint density at radius 3 is 2.73 bits per heavy atom. The second-order valence-electron chi connectivity index (χ2n) is 5.93. The van der Waals surface area contributed by atoms with Crippen LogP contribution in [0.4, 0.5) is 0 Å². The van der Waals surface area contributed by atoms with Crippen molar-refractivity contribution in [1.82, 2.24) is 19.8 Å². The number of amides is 2. The molecule has 0 spiro atoms. The summed E-state index contributed by atoms with van der Waals surface area (Å²) in [5.41, 5.74) is 0.539. The zero-order valence-corrected chi connectivity index (χ0v) is 16.1. The van der Waals surface area contributed by atoms with Crippen molar-refractivity contribution >= 4 is 34.5 Å². The molecule has 0 unspecified atom stereocenters. The maximum absolute atomic E-state index is 12.8. The normalized spacial score (nSPS) is 10.7. The topological polar surface area (TPSA) is 84.3 Å². The van der Waals surface area contributed by atoms with Gasteiger partial charge in [-0.05, 0) is 18.6 Å². The van der Waals surface area contributed by atoms with E-state index < -0.39 is 0 Å². The summed E-state index contributed by atoms with van der Waals surface area (Å²) in [6, 6.07) is 7.22. The zero-order chi connectivity index (χ0) is 19.1. The number of para-hydroxylation sites is 1. The predicted molar refractivity (Wildman–Crippen MR) is 103 cm³/mol. The lowest BCUT2D eigenvalue weighted by molar-refractivity contribution is -0.132. The molecule has 1 aromatic carbocycles. The van der Waals surface area contributed by atoms with Crippen LogP contribution in [0.25, 0.3) is 10.9 Å². The van der Waals surface area contributed by atoms with Gasteiger partial charge in [-0.2, -0.15) is 0 Å². The van der Waals surface area contributed by atoms with Crippen LogP contribution in [0.1, 0.15) is 19.8 Å². The largest absolute Gasteiger partial charge is 0.358 e. The molecule has 0 saturated carbocycles. The first-order chi connectivity index (χ1) is 12.5. The molecular weight excluding hydrogens is 352 g/mol. The number of rotatable bonds is 8. The molecule has 2 rings (SSSR count). The Labute approximate surface area is 156 Å². The van der Waals surface area contributed by atoms with Gasteiger partial charge >= 0.3 is 0 Å². The SMILES string of the molecule is CCCCn1c(SCC(=O)N(C)CC(=O)NC)nc2ccccc2c1=O. The number of carbonyl (C=O) groups is 2. The third-order valence-electron chi connectivity index (χ3n) is 3.97. The van der Waals surface area contributed by atoms with Crippen LogP contribution in [0, 0.1) is 0 Å². The van der Waals surface area contributed by atoms with Crippen LogP contribution in [-0.4, -0.2) is 52.7 Å². The van der Waals surface area contributed by atoms with E-state index in [9.17, 15) is 14.4 Å². The number of nitrogens with one attached hydrogen (secondary N) is 1. The second-order valence-corrected chi connectivity index (χ2v) is 6.88. The van der Waals surface area contributed by atoms with Crippen molar-refractivity contribution in [3.63, 3.8) is 0 Å². The van der Waals surface area contributed by atoms with Gasteiger partial charge in [0.25, 0.3) is 5.56 Å². The van der Waals surface area contributed by atoms with Crippen molar-refractivity contribution in [1.29, 1.82) is 0 Å². The van der Waals surface area contributed by atoms with Crippen LogP contribution in [0.15, 0.2) is 34.2 Å². The quantitative estimate of drug-likeness (QED) is 0.557. The van der Waals surface area contributed by atoms with Crippen molar-refractivity contribution < 1.29 is 9.59 Å². The van der Waals surface area contributed by atoms with Crippen molar-refractivity contribution in [2.24, 2.45) is 0 Å². The van der Waals surface area contributed by atoms with Crippen LogP contribution in [0.2, 0.25) is 0 Å². The average Bonchev–Trinajstić information content (AvgIpc) is 2.65. The molecular formula is C18H24N4O3S. The standard InChI is InChI=1S/C18H24N4O3S/c1-4-5-10-22-17(25)13-8-6-7-9-14(13)20-18(22)26-12-16(24)21(3)11-15(23)19-2/h6-9H,4-5,10-12H2,1-3H3,(H,19,23). The molecule has 0 aliphatic heterocycles. The monoisotopic (exact) mass is 376 g/mol. The fraction of sp³-hybridized carbons (Fsp3) is 0.444. The number of nitrogens with zero attached hydrogens (tertiary/aromatic N) is 3. The van der Waals surface area contributed by atoms with Gasteiger partial charge < -0.3 is 10.2 Å². The molecule has 0 aliphatic carbocycles. The van der Waals surface area contributed by atoms with E-state index in [0.29, 0.717) is 22.6 Å². The van der Waals surface area contributed by atoms with Crippen LogP contribution in [0.3, 0.4) is 0 Å². The number of unbranched alkanes of at least 4 members (excludes halogenated alkanes) is 1. The molecule has 0 saturated heterocycles. The number of carbonyl (C=O) groups excluding carboxylic acids is 2. The molecule has 2 aromatic rings. The summed E-state index contributed by atoms with van der Waals surface area (Å²) in [7, 11) is 3.11. The Bertz CT molecular complexity index is 850. The highest BCUT2D eigenvalue weighted by Crippen LogP contribution is 2.18. The minimum Gasteiger partial charge on any atom is -0.358 e. The Balaban J connectivity index is 2.23. The molecule has 1 aromatic heterocycles. The molecule has 2 amide bonds. The fourth-order valence-corrected chi connectivity index (χ4v) is 3.36. The molecule has 140 valence electrons. The summed E-state index contributed by atoms with van der Waals surface area (Å²) in [5.74, 6) is -0.303. The predicted octanol–water partition coefficient (Wildman–Crippen LogP) is 1.49. The van der Waals surface area contributed by atoms with E-state index in [4.69, 9.17) is 0 Å². The lowest BCUT2D eigenvalue weighted by Crippen LogP contribution is -2.37. The van der Waals surface area contributed by atoms with Gasteiger partial charge in [-0.15, -0.1) is 0 Å². The van der Waals surface area contributed by atoms with Crippen LogP contribution >= 0.6 is 11.8 Å². The first-order valence-corrected chi connectivity index (χ1v) is 9.53. The van der Waals surface area contributed by atoms with Gasteiger partial charge in [-0.1, -0.05) is 37.2 Å². The molecule has 0 aliphatic rings. The molecule has 0 atom stereocenters. The van der Waals surface area contributed by atoms with Gasteiger partial charge in [0.2, 0.25) is 11.8 Å². The highest BCUT2D eigenvalue weighted by molar-refractivity contribution is 7.99. The summed E-state index contributed by atoms with van der Waals surface area (Å²) in [5, 5.41) is 3.60. The highest BCUT2D eigenvalue weighted by atomic mass is 32.2. The van der Waals surface area contributed by atoms with Crippen molar-refractivity contribution in [2.75, 3.05) is 26.4 Å². The van der Waals surface area contributed by atoms with Gasteiger partial charge in [0.1, 0.15) is 0 Å². The Hall–Kier alpha value is -2.35. The summed E-state index contributed by atoms with van der Waals surface area (Å²) < 4.78 is 1.64. The lowest BCUT2D eigenvalue weighted by atomic mass is 10.2. The minimum absolute atomic E-state index is 0.00365. The van der Waals surface area contributed by atoms with Crippen LogP contribution in [0.5, 0.6) is 0 Å². The second kappa shape index (κ2) is 9.38. The molecule has 0 radical (unpaired) electrons. The van der Waals surface area contributed by atoms with Crippen molar-refractivity contribution in [3.8, 4) is 0 Å². The molecule has 7 nitrogen and oxygen atoms in total. The number of benzene rings is 1. The number of hydrogen-bond acceptors (Lipinski definition) is 5. The van der Waals surface area contributed by atoms with E-state index in [1.54, 1.807) is 23.7 Å². The van der Waals surface area contributed by atoms with Gasteiger partial charge in [0, 0.05) is 20.6 Å². The first-order valence-electron chi connectivity index (χ1n) is 8.54. The van der Waals surface area contributed by atoms with Crippen LogP contribution < -0.4 is 10.9 Å². The smallest absolute Gasteiger partial charge is 0.262 e. The van der Waals surface area contributed by atoms with Gasteiger partial charge in [-0.25, -0.2) is 4.98 Å². The van der Waals surface area contributed by atoms with E-state index in [1.807, 2.05) is 12.1 Å². The maximum Gasteiger partial charge on any atom is 0.262 e. The zero-order valence-electron chi connectivity index (χ0n) is 15.3. The summed E-state index contributed by atoms with van der Waals surface area (Å²) in [4.78, 5) is 42.4. The highest BCUT2D eigenvalue weighted by Gasteiger charge is 2.16. The van der Waals surface area contributed by atoms with Gasteiger partial charge in [0.05, 0.1) is 23.2 Å². The fourth-order valence-electron chi connectivity index (χ4n) is 2.39. The average molecular weight is 376 g/mol. The number of hydrogen-bond donors (Lipinski definition) is 1. The Kier molecular flexibility index (Phi) is 7.20.